The van der Waals surface area contributed by atoms with E-state index in [1.165, 1.54) is 11.1 Å². The second kappa shape index (κ2) is 15.0. The van der Waals surface area contributed by atoms with Gasteiger partial charge in [0.25, 0.3) is 0 Å². The summed E-state index contributed by atoms with van der Waals surface area (Å²) in [7, 11) is 0. The second-order valence-electron chi connectivity index (χ2n) is 10.4. The summed E-state index contributed by atoms with van der Waals surface area (Å²) >= 11 is 0. The molecule has 0 fully saturated rings. The minimum atomic E-state index is 0.133. The molecule has 2 nitrogen and oxygen atoms in total. The quantitative estimate of drug-likeness (QED) is 0.149. The summed E-state index contributed by atoms with van der Waals surface area (Å²) in [6.45, 7) is 4.09. The van der Waals surface area contributed by atoms with Crippen molar-refractivity contribution in [2.75, 3.05) is 4.90 Å². The third-order valence-corrected chi connectivity index (χ3v) is 6.75. The molecule has 212 valence electrons. The van der Waals surface area contributed by atoms with Crippen molar-refractivity contribution >= 4 is 41.4 Å². The van der Waals surface area contributed by atoms with Crippen LogP contribution in [0.25, 0.3) is 24.3 Å². The Morgan fingerprint density at radius 2 is 0.744 bits per heavy atom. The monoisotopic (exact) mass is 559 g/mol. The van der Waals surface area contributed by atoms with Gasteiger partial charge in [0, 0.05) is 17.1 Å². The van der Waals surface area contributed by atoms with Gasteiger partial charge in [-0.15, -0.1) is 0 Å². The van der Waals surface area contributed by atoms with E-state index in [0.717, 1.165) is 33.9 Å². The highest BCUT2D eigenvalue weighted by molar-refractivity contribution is 5.78. The van der Waals surface area contributed by atoms with E-state index in [1.54, 1.807) is 0 Å². The maximum Gasteiger partial charge on any atom is 0.119 e. The van der Waals surface area contributed by atoms with Crippen LogP contribution < -0.4 is 9.64 Å². The van der Waals surface area contributed by atoms with Crippen LogP contribution in [0.5, 0.6) is 5.75 Å². The molecule has 0 N–H and O–H groups in total. The molecule has 0 spiro atoms. The van der Waals surface area contributed by atoms with E-state index in [2.05, 4.69) is 138 Å². The molecule has 0 amide bonds. The molecule has 0 unspecified atom stereocenters. The largest absolute Gasteiger partial charge is 0.491 e. The van der Waals surface area contributed by atoms with E-state index < -0.39 is 0 Å². The van der Waals surface area contributed by atoms with Crippen LogP contribution in [0.3, 0.4) is 0 Å². The molecule has 5 aromatic carbocycles. The Hall–Kier alpha value is -5.34. The molecule has 0 aliphatic heterocycles. The molecule has 0 aromatic heterocycles. The fourth-order valence-electron chi connectivity index (χ4n) is 4.66. The first-order valence-corrected chi connectivity index (χ1v) is 14.7. The summed E-state index contributed by atoms with van der Waals surface area (Å²) in [4.78, 5) is 2.27. The second-order valence-corrected chi connectivity index (χ2v) is 10.4. The number of benzene rings is 5. The van der Waals surface area contributed by atoms with Crippen LogP contribution in [-0.4, -0.2) is 6.10 Å². The number of nitrogens with zero attached hydrogens (tertiary/aromatic N) is 1. The Morgan fingerprint density at radius 1 is 0.419 bits per heavy atom. The van der Waals surface area contributed by atoms with E-state index in [0.29, 0.717) is 0 Å². The summed E-state index contributed by atoms with van der Waals surface area (Å²) in [5.41, 5.74) is 7.91. The molecule has 0 aliphatic carbocycles. The molecule has 0 saturated carbocycles. The summed E-state index contributed by atoms with van der Waals surface area (Å²) in [6.07, 6.45) is 16.9. The van der Waals surface area contributed by atoms with Gasteiger partial charge >= 0.3 is 0 Å². The predicted molar refractivity (Wildman–Crippen MR) is 186 cm³/mol. The molecular formula is C41H37NO. The van der Waals surface area contributed by atoms with E-state index in [4.69, 9.17) is 4.74 Å². The van der Waals surface area contributed by atoms with Crippen molar-refractivity contribution < 1.29 is 4.74 Å². The average molecular weight is 560 g/mol. The first-order valence-electron chi connectivity index (χ1n) is 14.7. The maximum atomic E-state index is 5.90. The van der Waals surface area contributed by atoms with Gasteiger partial charge in [0.1, 0.15) is 5.75 Å². The van der Waals surface area contributed by atoms with Crippen LogP contribution in [0.4, 0.5) is 17.1 Å². The van der Waals surface area contributed by atoms with E-state index in [-0.39, 0.29) is 6.10 Å². The van der Waals surface area contributed by atoms with Crippen LogP contribution in [0.2, 0.25) is 0 Å². The molecule has 0 heterocycles. The molecule has 43 heavy (non-hydrogen) atoms. The molecule has 0 atom stereocenters. The van der Waals surface area contributed by atoms with Crippen molar-refractivity contribution in [3.05, 3.63) is 180 Å². The molecular weight excluding hydrogens is 522 g/mol. The van der Waals surface area contributed by atoms with Crippen molar-refractivity contribution in [2.45, 2.75) is 20.0 Å². The molecule has 5 aromatic rings. The number of hydrogen-bond donors (Lipinski definition) is 0. The molecule has 0 radical (unpaired) electrons. The van der Waals surface area contributed by atoms with Gasteiger partial charge in [-0.2, -0.15) is 0 Å². The van der Waals surface area contributed by atoms with Gasteiger partial charge in [-0.3, -0.25) is 0 Å². The standard InChI is InChI=1S/C41H37NO/c1-33(2)43-41-31-29-40(30-32-41)42(38-25-21-36(22-26-38)19-11-9-17-34-13-5-3-6-14-34)39-27-23-37(24-28-39)20-12-10-18-35-15-7-4-8-16-35/h3-33H,1-2H3. The lowest BCUT2D eigenvalue weighted by Crippen LogP contribution is -2.10. The van der Waals surface area contributed by atoms with E-state index in [9.17, 15) is 0 Å². The number of rotatable bonds is 11. The van der Waals surface area contributed by atoms with Crippen LogP contribution in [0.15, 0.2) is 158 Å². The Balaban J connectivity index is 1.35. The van der Waals surface area contributed by atoms with Gasteiger partial charge in [-0.05, 0) is 84.6 Å². The number of hydrogen-bond acceptors (Lipinski definition) is 2. The van der Waals surface area contributed by atoms with Crippen molar-refractivity contribution in [1.82, 2.24) is 0 Å². The summed E-state index contributed by atoms with van der Waals surface area (Å²) in [6, 6.07) is 46.2. The lowest BCUT2D eigenvalue weighted by atomic mass is 10.1. The topological polar surface area (TPSA) is 12.5 Å². The van der Waals surface area contributed by atoms with E-state index >= 15 is 0 Å². The molecule has 2 heteroatoms. The zero-order chi connectivity index (χ0) is 29.7. The van der Waals surface area contributed by atoms with Gasteiger partial charge in [0.05, 0.1) is 6.10 Å². The fourth-order valence-corrected chi connectivity index (χ4v) is 4.66. The molecule has 0 saturated heterocycles. The first-order chi connectivity index (χ1) is 21.1. The number of ether oxygens (including phenoxy) is 1. The Morgan fingerprint density at radius 3 is 1.09 bits per heavy atom. The Kier molecular flexibility index (Phi) is 10.2. The minimum Gasteiger partial charge on any atom is -0.491 e. The molecule has 5 rings (SSSR count). The smallest absolute Gasteiger partial charge is 0.119 e. The molecule has 0 aliphatic rings. The highest BCUT2D eigenvalue weighted by Crippen LogP contribution is 2.36. The SMILES string of the molecule is CC(C)Oc1ccc(N(c2ccc(C=CC=Cc3ccccc3)cc2)c2ccc(C=CC=Cc3ccccc3)cc2)cc1. The number of allylic oxidation sites excluding steroid dienone is 4. The van der Waals surface area contributed by atoms with Crippen molar-refractivity contribution in [2.24, 2.45) is 0 Å². The Labute approximate surface area is 256 Å². The number of anilines is 3. The van der Waals surface area contributed by atoms with Gasteiger partial charge in [0.15, 0.2) is 0 Å². The molecule has 0 bridgehead atoms. The summed E-state index contributed by atoms with van der Waals surface area (Å²) in [5, 5.41) is 0. The van der Waals surface area contributed by atoms with Crippen molar-refractivity contribution in [1.29, 1.82) is 0 Å². The normalized spacial score (nSPS) is 11.8. The van der Waals surface area contributed by atoms with Gasteiger partial charge < -0.3 is 9.64 Å². The summed E-state index contributed by atoms with van der Waals surface area (Å²) < 4.78 is 5.90. The first kappa shape index (κ1) is 29.2. The third kappa shape index (κ3) is 8.82. The highest BCUT2D eigenvalue weighted by atomic mass is 16.5. The third-order valence-electron chi connectivity index (χ3n) is 6.75. The average Bonchev–Trinajstić information content (AvgIpc) is 3.04. The van der Waals surface area contributed by atoms with Gasteiger partial charge in [-0.25, -0.2) is 0 Å². The fraction of sp³-hybridized carbons (Fsp3) is 0.0732. The zero-order valence-corrected chi connectivity index (χ0v) is 24.8. The lowest BCUT2D eigenvalue weighted by Gasteiger charge is -2.26. The highest BCUT2D eigenvalue weighted by Gasteiger charge is 2.13. The van der Waals surface area contributed by atoms with Crippen LogP contribution in [0, 0.1) is 0 Å². The zero-order valence-electron chi connectivity index (χ0n) is 24.8. The van der Waals surface area contributed by atoms with Crippen LogP contribution in [-0.2, 0) is 0 Å². The van der Waals surface area contributed by atoms with Crippen LogP contribution >= 0.6 is 0 Å². The Bertz CT molecular complexity index is 1560. The predicted octanol–water partition coefficient (Wildman–Crippen LogP) is 11.4. The lowest BCUT2D eigenvalue weighted by molar-refractivity contribution is 0.242. The minimum absolute atomic E-state index is 0.133. The van der Waals surface area contributed by atoms with E-state index in [1.807, 2.05) is 62.4 Å². The van der Waals surface area contributed by atoms with Gasteiger partial charge in [0.2, 0.25) is 0 Å². The van der Waals surface area contributed by atoms with Crippen molar-refractivity contribution in [3.63, 3.8) is 0 Å². The van der Waals surface area contributed by atoms with Crippen LogP contribution in [0.1, 0.15) is 36.1 Å². The maximum absolute atomic E-state index is 5.90. The summed E-state index contributed by atoms with van der Waals surface area (Å²) in [5.74, 6) is 0.867. The van der Waals surface area contributed by atoms with Crippen molar-refractivity contribution in [3.8, 4) is 5.75 Å². The van der Waals surface area contributed by atoms with Gasteiger partial charge in [-0.1, -0.05) is 134 Å².